The second-order valence-corrected chi connectivity index (χ2v) is 7.40. The van der Waals surface area contributed by atoms with Gasteiger partial charge in [-0.1, -0.05) is 17.4 Å². The van der Waals surface area contributed by atoms with E-state index in [-0.39, 0.29) is 0 Å². The van der Waals surface area contributed by atoms with Gasteiger partial charge in [-0.15, -0.1) is 5.10 Å². The summed E-state index contributed by atoms with van der Waals surface area (Å²) in [5.41, 5.74) is 9.87. The van der Waals surface area contributed by atoms with Crippen molar-refractivity contribution < 1.29 is 4.74 Å². The molecule has 8 heteroatoms. The van der Waals surface area contributed by atoms with Gasteiger partial charge in [-0.25, -0.2) is 14.5 Å². The predicted molar refractivity (Wildman–Crippen MR) is 103 cm³/mol. The van der Waals surface area contributed by atoms with Crippen molar-refractivity contribution in [3.05, 3.63) is 47.8 Å². The van der Waals surface area contributed by atoms with E-state index in [1.165, 1.54) is 16.9 Å². The zero-order valence-electron chi connectivity index (χ0n) is 14.1. The van der Waals surface area contributed by atoms with E-state index in [0.29, 0.717) is 5.13 Å². The van der Waals surface area contributed by atoms with Gasteiger partial charge >= 0.3 is 0 Å². The fraction of sp³-hybridized carbons (Fsp3) is 0.278. The van der Waals surface area contributed by atoms with E-state index in [9.17, 15) is 0 Å². The van der Waals surface area contributed by atoms with Crippen LogP contribution in [-0.4, -0.2) is 45.9 Å². The number of thiazole rings is 1. The standard InChI is InChI=1S/C18H18N6OS/c19-18-21-14-2-1-12(10-15(14)26-18)9-13-11-20-16-3-4-17(22-24(13)16)23-5-7-25-8-6-23/h1-4,10-11H,5-9H2,(H2,19,21). The van der Waals surface area contributed by atoms with Gasteiger partial charge in [0.1, 0.15) is 5.82 Å². The molecule has 26 heavy (non-hydrogen) atoms. The van der Waals surface area contributed by atoms with Crippen molar-refractivity contribution in [1.82, 2.24) is 19.6 Å². The van der Waals surface area contributed by atoms with Gasteiger partial charge in [-0.3, -0.25) is 0 Å². The Morgan fingerprint density at radius 2 is 2.04 bits per heavy atom. The largest absolute Gasteiger partial charge is 0.378 e. The molecular formula is C18H18N6OS. The van der Waals surface area contributed by atoms with Crippen LogP contribution in [0.3, 0.4) is 0 Å². The number of rotatable bonds is 3. The first kappa shape index (κ1) is 15.5. The molecule has 0 radical (unpaired) electrons. The maximum Gasteiger partial charge on any atom is 0.181 e. The summed E-state index contributed by atoms with van der Waals surface area (Å²) >= 11 is 1.51. The Bertz CT molecular complexity index is 1080. The Hall–Kier alpha value is -2.71. The zero-order valence-corrected chi connectivity index (χ0v) is 14.9. The molecule has 0 amide bonds. The molecule has 7 nitrogen and oxygen atoms in total. The number of hydrogen-bond donors (Lipinski definition) is 1. The lowest BCUT2D eigenvalue weighted by Crippen LogP contribution is -2.37. The molecule has 0 spiro atoms. The molecule has 3 aromatic heterocycles. The topological polar surface area (TPSA) is 81.6 Å². The third kappa shape index (κ3) is 2.77. The summed E-state index contributed by atoms with van der Waals surface area (Å²) in [6.45, 7) is 3.22. The highest BCUT2D eigenvalue weighted by molar-refractivity contribution is 7.22. The first-order valence-corrected chi connectivity index (χ1v) is 9.39. The van der Waals surface area contributed by atoms with Crippen LogP contribution in [0.5, 0.6) is 0 Å². The SMILES string of the molecule is Nc1nc2ccc(Cc3cnc4ccc(N5CCOCC5)nn34)cc2s1. The summed E-state index contributed by atoms with van der Waals surface area (Å²) in [6.07, 6.45) is 2.66. The number of aromatic nitrogens is 4. The van der Waals surface area contributed by atoms with Crippen LogP contribution in [0.2, 0.25) is 0 Å². The highest BCUT2D eigenvalue weighted by Crippen LogP contribution is 2.25. The number of morpholine rings is 1. The quantitative estimate of drug-likeness (QED) is 0.599. The Balaban J connectivity index is 1.48. The van der Waals surface area contributed by atoms with E-state index in [0.717, 1.165) is 60.1 Å². The van der Waals surface area contributed by atoms with E-state index < -0.39 is 0 Å². The number of fused-ring (bicyclic) bond motifs is 2. The van der Waals surface area contributed by atoms with Crippen LogP contribution >= 0.6 is 11.3 Å². The Morgan fingerprint density at radius 1 is 1.15 bits per heavy atom. The van der Waals surface area contributed by atoms with E-state index in [4.69, 9.17) is 15.6 Å². The molecule has 2 N–H and O–H groups in total. The van der Waals surface area contributed by atoms with Gasteiger partial charge in [0.25, 0.3) is 0 Å². The molecule has 1 aromatic carbocycles. The maximum atomic E-state index is 5.81. The van der Waals surface area contributed by atoms with Gasteiger partial charge in [0, 0.05) is 19.5 Å². The van der Waals surface area contributed by atoms with Crippen LogP contribution in [0, 0.1) is 0 Å². The van der Waals surface area contributed by atoms with Crippen LogP contribution in [0.1, 0.15) is 11.3 Å². The number of benzene rings is 1. The minimum absolute atomic E-state index is 0.601. The van der Waals surface area contributed by atoms with Crippen molar-refractivity contribution in [3.8, 4) is 0 Å². The molecule has 0 unspecified atom stereocenters. The molecule has 132 valence electrons. The van der Waals surface area contributed by atoms with Gasteiger partial charge in [0.05, 0.1) is 35.3 Å². The van der Waals surface area contributed by atoms with Crippen LogP contribution in [0.15, 0.2) is 36.5 Å². The summed E-state index contributed by atoms with van der Waals surface area (Å²) in [5.74, 6) is 0.964. The Kier molecular flexibility index (Phi) is 3.72. The summed E-state index contributed by atoms with van der Waals surface area (Å²) in [7, 11) is 0. The lowest BCUT2D eigenvalue weighted by Gasteiger charge is -2.27. The number of hydrogen-bond acceptors (Lipinski definition) is 7. The molecule has 0 saturated carbocycles. The van der Waals surface area contributed by atoms with Crippen LogP contribution in [-0.2, 0) is 11.2 Å². The second kappa shape index (κ2) is 6.22. The Morgan fingerprint density at radius 3 is 2.92 bits per heavy atom. The van der Waals surface area contributed by atoms with Crippen molar-refractivity contribution in [2.75, 3.05) is 36.9 Å². The van der Waals surface area contributed by atoms with Crippen LogP contribution < -0.4 is 10.6 Å². The van der Waals surface area contributed by atoms with Gasteiger partial charge in [-0.05, 0) is 29.8 Å². The minimum atomic E-state index is 0.601. The molecule has 0 atom stereocenters. The van der Waals surface area contributed by atoms with Crippen molar-refractivity contribution >= 4 is 38.2 Å². The monoisotopic (exact) mass is 366 g/mol. The van der Waals surface area contributed by atoms with E-state index in [1.807, 2.05) is 28.9 Å². The van der Waals surface area contributed by atoms with Gasteiger partial charge in [-0.2, -0.15) is 0 Å². The molecule has 1 fully saturated rings. The molecule has 4 aromatic rings. The first-order valence-electron chi connectivity index (χ1n) is 8.57. The fourth-order valence-corrected chi connectivity index (χ4v) is 4.10. The summed E-state index contributed by atoms with van der Waals surface area (Å²) in [4.78, 5) is 11.1. The van der Waals surface area contributed by atoms with E-state index in [2.05, 4.69) is 27.0 Å². The van der Waals surface area contributed by atoms with Crippen molar-refractivity contribution in [2.45, 2.75) is 6.42 Å². The van der Waals surface area contributed by atoms with E-state index in [1.54, 1.807) is 0 Å². The average molecular weight is 366 g/mol. The molecule has 5 rings (SSSR count). The van der Waals surface area contributed by atoms with Gasteiger partial charge in [0.15, 0.2) is 10.8 Å². The number of imidazole rings is 1. The summed E-state index contributed by atoms with van der Waals surface area (Å²) in [5, 5.41) is 5.42. The van der Waals surface area contributed by atoms with Gasteiger partial charge < -0.3 is 15.4 Å². The molecule has 1 aliphatic rings. The van der Waals surface area contributed by atoms with Crippen LogP contribution in [0.4, 0.5) is 10.9 Å². The van der Waals surface area contributed by atoms with Crippen molar-refractivity contribution in [3.63, 3.8) is 0 Å². The third-order valence-electron chi connectivity index (χ3n) is 4.61. The first-order chi connectivity index (χ1) is 12.8. The lowest BCUT2D eigenvalue weighted by atomic mass is 10.1. The number of nitrogens with zero attached hydrogens (tertiary/aromatic N) is 5. The smallest absolute Gasteiger partial charge is 0.181 e. The maximum absolute atomic E-state index is 5.81. The van der Waals surface area contributed by atoms with Crippen molar-refractivity contribution in [1.29, 1.82) is 0 Å². The molecule has 0 bridgehead atoms. The number of nitrogens with two attached hydrogens (primary N) is 1. The fourth-order valence-electron chi connectivity index (χ4n) is 3.30. The molecule has 1 aliphatic heterocycles. The highest BCUT2D eigenvalue weighted by Gasteiger charge is 2.14. The van der Waals surface area contributed by atoms with Gasteiger partial charge in [0.2, 0.25) is 0 Å². The minimum Gasteiger partial charge on any atom is -0.378 e. The van der Waals surface area contributed by atoms with Crippen molar-refractivity contribution in [2.24, 2.45) is 0 Å². The third-order valence-corrected chi connectivity index (χ3v) is 5.46. The zero-order chi connectivity index (χ0) is 17.5. The number of ether oxygens (including phenoxy) is 1. The lowest BCUT2D eigenvalue weighted by molar-refractivity contribution is 0.122. The second-order valence-electron chi connectivity index (χ2n) is 6.34. The predicted octanol–water partition coefficient (Wildman–Crippen LogP) is 2.35. The molecule has 0 aliphatic carbocycles. The Labute approximate surface area is 154 Å². The van der Waals surface area contributed by atoms with E-state index >= 15 is 0 Å². The molecule has 4 heterocycles. The summed E-state index contributed by atoms with van der Waals surface area (Å²) in [6, 6.07) is 10.3. The normalized spacial score (nSPS) is 15.2. The molecular weight excluding hydrogens is 348 g/mol. The average Bonchev–Trinajstić information content (AvgIpc) is 3.24. The van der Waals surface area contributed by atoms with Crippen LogP contribution in [0.25, 0.3) is 15.9 Å². The highest BCUT2D eigenvalue weighted by atomic mass is 32.1. The molecule has 1 saturated heterocycles. The number of nitrogen functional groups attached to an aromatic ring is 1. The summed E-state index contributed by atoms with van der Waals surface area (Å²) < 4.78 is 8.48. The number of anilines is 2.